The molecule has 0 saturated carbocycles. The van der Waals surface area contributed by atoms with Crippen LogP contribution in [0, 0.1) is 0 Å². The van der Waals surface area contributed by atoms with Crippen molar-refractivity contribution >= 4 is 16.9 Å². The van der Waals surface area contributed by atoms with Gasteiger partial charge >= 0.3 is 5.97 Å². The van der Waals surface area contributed by atoms with Crippen LogP contribution in [-0.4, -0.2) is 10.5 Å². The van der Waals surface area contributed by atoms with Crippen molar-refractivity contribution in [3.8, 4) is 0 Å². The van der Waals surface area contributed by atoms with Gasteiger partial charge in [0.15, 0.2) is 6.23 Å². The zero-order valence-corrected chi connectivity index (χ0v) is 9.51. The summed E-state index contributed by atoms with van der Waals surface area (Å²) in [5.74, 6) is -0.246. The third-order valence-electron chi connectivity index (χ3n) is 2.59. The van der Waals surface area contributed by atoms with Crippen LogP contribution < -0.4 is 0 Å². The van der Waals surface area contributed by atoms with Crippen molar-refractivity contribution in [1.29, 1.82) is 0 Å². The molecule has 1 aromatic carbocycles. The predicted octanol–water partition coefficient (Wildman–Crippen LogP) is 3.11. The van der Waals surface area contributed by atoms with Crippen molar-refractivity contribution in [3.63, 3.8) is 0 Å². The van der Waals surface area contributed by atoms with Gasteiger partial charge < -0.3 is 9.30 Å². The Labute approximate surface area is 94.6 Å². The molecular formula is C13H15NO2. The van der Waals surface area contributed by atoms with Crippen LogP contribution in [-0.2, 0) is 9.53 Å². The van der Waals surface area contributed by atoms with E-state index in [1.165, 1.54) is 6.92 Å². The highest BCUT2D eigenvalue weighted by Crippen LogP contribution is 2.22. The predicted molar refractivity (Wildman–Crippen MR) is 63.0 cm³/mol. The lowest BCUT2D eigenvalue weighted by Gasteiger charge is -2.18. The summed E-state index contributed by atoms with van der Waals surface area (Å²) in [6.45, 7) is 3.44. The van der Waals surface area contributed by atoms with Gasteiger partial charge in [0.1, 0.15) is 0 Å². The number of aromatic nitrogens is 1. The summed E-state index contributed by atoms with van der Waals surface area (Å²) in [4.78, 5) is 11.0. The number of carbonyl (C=O) groups is 1. The highest BCUT2D eigenvalue weighted by atomic mass is 16.6. The Morgan fingerprint density at radius 3 is 2.81 bits per heavy atom. The molecule has 0 fully saturated rings. The fourth-order valence-corrected chi connectivity index (χ4v) is 1.88. The standard InChI is InChI=1S/C13H15NO2/c1-3-13(16-10(2)15)14-9-8-11-6-4-5-7-12(11)14/h4-9,13H,3H2,1-2H3. The average Bonchev–Trinajstić information content (AvgIpc) is 2.69. The second kappa shape index (κ2) is 4.39. The molecule has 1 atom stereocenters. The highest BCUT2D eigenvalue weighted by Gasteiger charge is 2.13. The monoisotopic (exact) mass is 217 g/mol. The number of hydrogen-bond acceptors (Lipinski definition) is 2. The number of esters is 1. The van der Waals surface area contributed by atoms with E-state index < -0.39 is 0 Å². The van der Waals surface area contributed by atoms with Gasteiger partial charge in [0.25, 0.3) is 0 Å². The van der Waals surface area contributed by atoms with Gasteiger partial charge in [0.2, 0.25) is 0 Å². The van der Waals surface area contributed by atoms with E-state index in [9.17, 15) is 4.79 Å². The second-order valence-corrected chi connectivity index (χ2v) is 3.75. The molecule has 3 nitrogen and oxygen atoms in total. The third-order valence-corrected chi connectivity index (χ3v) is 2.59. The first-order chi connectivity index (χ1) is 7.72. The Morgan fingerprint density at radius 1 is 1.38 bits per heavy atom. The molecule has 1 aromatic heterocycles. The Kier molecular flexibility index (Phi) is 2.95. The number of hydrogen-bond donors (Lipinski definition) is 0. The molecule has 0 bridgehead atoms. The first-order valence-corrected chi connectivity index (χ1v) is 5.45. The minimum atomic E-state index is -0.246. The van der Waals surface area contributed by atoms with E-state index in [1.807, 2.05) is 48.0 Å². The van der Waals surface area contributed by atoms with Crippen LogP contribution in [0.15, 0.2) is 36.5 Å². The van der Waals surface area contributed by atoms with E-state index in [1.54, 1.807) is 0 Å². The number of ether oxygens (including phenoxy) is 1. The van der Waals surface area contributed by atoms with E-state index in [4.69, 9.17) is 4.74 Å². The summed E-state index contributed by atoms with van der Waals surface area (Å²) in [7, 11) is 0. The summed E-state index contributed by atoms with van der Waals surface area (Å²) in [6.07, 6.45) is 2.51. The van der Waals surface area contributed by atoms with Gasteiger partial charge in [-0.15, -0.1) is 0 Å². The van der Waals surface area contributed by atoms with Crippen LogP contribution in [0.25, 0.3) is 10.9 Å². The zero-order valence-electron chi connectivity index (χ0n) is 9.51. The summed E-state index contributed by atoms with van der Waals surface area (Å²) < 4.78 is 7.27. The first kappa shape index (κ1) is 10.7. The molecule has 16 heavy (non-hydrogen) atoms. The summed E-state index contributed by atoms with van der Waals surface area (Å²) in [5.41, 5.74) is 1.09. The summed E-state index contributed by atoms with van der Waals surface area (Å²) in [5, 5.41) is 1.16. The van der Waals surface area contributed by atoms with Crippen LogP contribution >= 0.6 is 0 Å². The maximum Gasteiger partial charge on any atom is 0.304 e. The topological polar surface area (TPSA) is 31.2 Å². The van der Waals surface area contributed by atoms with Crippen molar-refractivity contribution < 1.29 is 9.53 Å². The minimum Gasteiger partial charge on any atom is -0.441 e. The molecule has 0 radical (unpaired) electrons. The van der Waals surface area contributed by atoms with Gasteiger partial charge in [-0.25, -0.2) is 0 Å². The average molecular weight is 217 g/mol. The zero-order chi connectivity index (χ0) is 11.5. The third kappa shape index (κ3) is 1.94. The lowest BCUT2D eigenvalue weighted by atomic mass is 10.2. The van der Waals surface area contributed by atoms with Crippen molar-refractivity contribution in [2.45, 2.75) is 26.5 Å². The molecule has 0 aliphatic heterocycles. The van der Waals surface area contributed by atoms with Gasteiger partial charge in [-0.2, -0.15) is 0 Å². The van der Waals surface area contributed by atoms with E-state index in [2.05, 4.69) is 0 Å². The Bertz CT molecular complexity index is 501. The highest BCUT2D eigenvalue weighted by molar-refractivity contribution is 5.80. The second-order valence-electron chi connectivity index (χ2n) is 3.75. The molecule has 2 aromatic rings. The van der Waals surface area contributed by atoms with E-state index >= 15 is 0 Å². The van der Waals surface area contributed by atoms with Crippen molar-refractivity contribution in [2.24, 2.45) is 0 Å². The van der Waals surface area contributed by atoms with Crippen molar-refractivity contribution in [3.05, 3.63) is 36.5 Å². The van der Waals surface area contributed by atoms with Gasteiger partial charge in [0.05, 0.1) is 5.52 Å². The number of para-hydroxylation sites is 1. The Hall–Kier alpha value is -1.77. The minimum absolute atomic E-state index is 0.211. The molecular weight excluding hydrogens is 202 g/mol. The smallest absolute Gasteiger partial charge is 0.304 e. The number of benzene rings is 1. The van der Waals surface area contributed by atoms with Gasteiger partial charge in [-0.3, -0.25) is 4.79 Å². The number of fused-ring (bicyclic) bond motifs is 1. The van der Waals surface area contributed by atoms with Crippen LogP contribution in [0.2, 0.25) is 0 Å². The maximum atomic E-state index is 11.0. The van der Waals surface area contributed by atoms with Crippen LogP contribution in [0.4, 0.5) is 0 Å². The molecule has 2 rings (SSSR count). The lowest BCUT2D eigenvalue weighted by molar-refractivity contribution is -0.151. The molecule has 0 spiro atoms. The number of carbonyl (C=O) groups excluding carboxylic acids is 1. The van der Waals surface area contributed by atoms with Crippen molar-refractivity contribution in [2.75, 3.05) is 0 Å². The number of rotatable bonds is 3. The first-order valence-electron chi connectivity index (χ1n) is 5.45. The molecule has 1 unspecified atom stereocenters. The van der Waals surface area contributed by atoms with E-state index in [0.29, 0.717) is 0 Å². The van der Waals surface area contributed by atoms with E-state index in [-0.39, 0.29) is 12.2 Å². The number of nitrogens with zero attached hydrogens (tertiary/aromatic N) is 1. The summed E-state index contributed by atoms with van der Waals surface area (Å²) >= 11 is 0. The molecule has 0 aliphatic carbocycles. The van der Waals surface area contributed by atoms with Crippen molar-refractivity contribution in [1.82, 2.24) is 4.57 Å². The molecule has 0 amide bonds. The molecule has 0 aliphatic rings. The fourth-order valence-electron chi connectivity index (χ4n) is 1.88. The normalized spacial score (nSPS) is 12.6. The molecule has 3 heteroatoms. The van der Waals surface area contributed by atoms with Gasteiger partial charge in [-0.1, -0.05) is 25.1 Å². The van der Waals surface area contributed by atoms with Gasteiger partial charge in [-0.05, 0) is 17.5 Å². The molecule has 0 N–H and O–H groups in total. The quantitative estimate of drug-likeness (QED) is 0.740. The lowest BCUT2D eigenvalue weighted by Crippen LogP contribution is -2.13. The molecule has 1 heterocycles. The van der Waals surface area contributed by atoms with Crippen LogP contribution in [0.3, 0.4) is 0 Å². The summed E-state index contributed by atoms with van der Waals surface area (Å²) in [6, 6.07) is 10.1. The maximum absolute atomic E-state index is 11.0. The fraction of sp³-hybridized carbons (Fsp3) is 0.308. The Balaban J connectivity index is 2.41. The Morgan fingerprint density at radius 2 is 2.12 bits per heavy atom. The van der Waals surface area contributed by atoms with Gasteiger partial charge in [0, 0.05) is 19.5 Å². The van der Waals surface area contributed by atoms with Crippen LogP contribution in [0.1, 0.15) is 26.5 Å². The molecule has 84 valence electrons. The van der Waals surface area contributed by atoms with E-state index in [0.717, 1.165) is 17.3 Å². The van der Waals surface area contributed by atoms with Crippen LogP contribution in [0.5, 0.6) is 0 Å². The SMILES string of the molecule is CCC(OC(C)=O)n1ccc2ccccc21. The molecule has 0 saturated heterocycles. The largest absolute Gasteiger partial charge is 0.441 e.